The van der Waals surface area contributed by atoms with Crippen molar-refractivity contribution in [1.29, 1.82) is 0 Å². The lowest BCUT2D eigenvalue weighted by Gasteiger charge is -2.24. The van der Waals surface area contributed by atoms with E-state index in [0.717, 1.165) is 16.7 Å². The lowest BCUT2D eigenvalue weighted by Crippen LogP contribution is -2.24. The minimum atomic E-state index is -5.00. The molecule has 2 N–H and O–H groups in total. The van der Waals surface area contributed by atoms with E-state index >= 15 is 0 Å². The molecule has 0 fully saturated rings. The summed E-state index contributed by atoms with van der Waals surface area (Å²) < 4.78 is 70.1. The number of nitrogens with one attached hydrogen (secondary N) is 1. The SMILES string of the molecule is CCSc1ccc(CNC(=O)c2nc(C(C)(C)C)n(Cc3cccc(C(O)C(F)F)c3C(F)(F)F)c2C)nc1. The predicted octanol–water partition coefficient (Wildman–Crippen LogP) is 6.29. The summed E-state index contributed by atoms with van der Waals surface area (Å²) in [6.07, 6.45) is -9.29. The molecule has 39 heavy (non-hydrogen) atoms. The number of benzene rings is 1. The third-order valence-corrected chi connectivity index (χ3v) is 6.86. The summed E-state index contributed by atoms with van der Waals surface area (Å²) in [6.45, 7) is 8.72. The highest BCUT2D eigenvalue weighted by molar-refractivity contribution is 7.99. The van der Waals surface area contributed by atoms with Gasteiger partial charge < -0.3 is 15.0 Å². The largest absolute Gasteiger partial charge is 0.417 e. The number of hydrogen-bond acceptors (Lipinski definition) is 5. The first-order valence-corrected chi connectivity index (χ1v) is 13.2. The molecule has 1 unspecified atom stereocenters. The molecule has 0 radical (unpaired) electrons. The number of nitrogens with zero attached hydrogens (tertiary/aromatic N) is 3. The minimum Gasteiger partial charge on any atom is -0.382 e. The molecule has 1 aromatic carbocycles. The molecular weight excluding hydrogens is 539 g/mol. The molecule has 0 aliphatic heterocycles. The first-order chi connectivity index (χ1) is 18.1. The quantitative estimate of drug-likeness (QED) is 0.234. The van der Waals surface area contributed by atoms with Gasteiger partial charge in [-0.1, -0.05) is 45.9 Å². The van der Waals surface area contributed by atoms with E-state index in [0.29, 0.717) is 17.2 Å². The Kier molecular flexibility index (Phi) is 9.43. The van der Waals surface area contributed by atoms with Crippen LogP contribution in [0.4, 0.5) is 22.0 Å². The molecule has 3 aromatic rings. The number of carbonyl (C=O) groups is 1. The highest BCUT2D eigenvalue weighted by Crippen LogP contribution is 2.39. The van der Waals surface area contributed by atoms with Gasteiger partial charge in [-0.3, -0.25) is 9.78 Å². The van der Waals surface area contributed by atoms with Gasteiger partial charge in [-0.25, -0.2) is 13.8 Å². The number of thioether (sulfide) groups is 1. The zero-order valence-electron chi connectivity index (χ0n) is 22.2. The normalized spacial score (nSPS) is 13.1. The minimum absolute atomic E-state index is 0.0374. The Labute approximate surface area is 228 Å². The van der Waals surface area contributed by atoms with Gasteiger partial charge >= 0.3 is 6.18 Å². The van der Waals surface area contributed by atoms with Gasteiger partial charge in [-0.15, -0.1) is 11.8 Å². The molecule has 0 aliphatic carbocycles. The second-order valence-corrected chi connectivity index (χ2v) is 11.3. The van der Waals surface area contributed by atoms with Crippen molar-refractivity contribution < 1.29 is 31.9 Å². The van der Waals surface area contributed by atoms with Crippen molar-refractivity contribution in [2.24, 2.45) is 0 Å². The number of imidazole rings is 1. The lowest BCUT2D eigenvalue weighted by molar-refractivity contribution is -0.140. The van der Waals surface area contributed by atoms with Crippen molar-refractivity contribution in [3.63, 3.8) is 0 Å². The first-order valence-electron chi connectivity index (χ1n) is 12.2. The molecule has 0 spiro atoms. The van der Waals surface area contributed by atoms with E-state index in [9.17, 15) is 31.9 Å². The third-order valence-electron chi connectivity index (χ3n) is 6.00. The van der Waals surface area contributed by atoms with Crippen LogP contribution in [0.1, 0.15) is 78.2 Å². The van der Waals surface area contributed by atoms with E-state index in [4.69, 9.17) is 0 Å². The van der Waals surface area contributed by atoms with Crippen molar-refractivity contribution in [2.45, 2.75) is 76.7 Å². The number of alkyl halides is 5. The van der Waals surface area contributed by atoms with Crippen LogP contribution in [0.2, 0.25) is 0 Å². The molecule has 6 nitrogen and oxygen atoms in total. The summed E-state index contributed by atoms with van der Waals surface area (Å²) in [5.74, 6) is 0.720. The Morgan fingerprint density at radius 2 is 1.85 bits per heavy atom. The zero-order valence-corrected chi connectivity index (χ0v) is 23.1. The Morgan fingerprint density at radius 3 is 2.38 bits per heavy atom. The first kappa shape index (κ1) is 30.6. The fourth-order valence-electron chi connectivity index (χ4n) is 4.19. The zero-order chi connectivity index (χ0) is 29.1. The van der Waals surface area contributed by atoms with E-state index in [-0.39, 0.29) is 17.8 Å². The molecule has 0 aliphatic rings. The van der Waals surface area contributed by atoms with E-state index < -0.39 is 47.7 Å². The second kappa shape index (κ2) is 12.0. The number of amides is 1. The fraction of sp³-hybridized carbons (Fsp3) is 0.444. The van der Waals surface area contributed by atoms with E-state index in [1.54, 1.807) is 51.7 Å². The van der Waals surface area contributed by atoms with Crippen molar-refractivity contribution in [1.82, 2.24) is 19.9 Å². The smallest absolute Gasteiger partial charge is 0.382 e. The van der Waals surface area contributed by atoms with Gasteiger partial charge in [-0.2, -0.15) is 13.2 Å². The average molecular weight is 571 g/mol. The molecule has 0 saturated heterocycles. The number of halogens is 5. The van der Waals surface area contributed by atoms with Gasteiger partial charge in [0.15, 0.2) is 0 Å². The van der Waals surface area contributed by atoms with E-state index in [1.807, 2.05) is 13.0 Å². The van der Waals surface area contributed by atoms with Crippen molar-refractivity contribution >= 4 is 17.7 Å². The summed E-state index contributed by atoms with van der Waals surface area (Å²) in [6, 6.07) is 6.90. The van der Waals surface area contributed by atoms with Crippen LogP contribution in [0.5, 0.6) is 0 Å². The Morgan fingerprint density at radius 1 is 1.15 bits per heavy atom. The van der Waals surface area contributed by atoms with Crippen LogP contribution in [0.15, 0.2) is 41.4 Å². The highest BCUT2D eigenvalue weighted by Gasteiger charge is 2.40. The third kappa shape index (κ3) is 7.16. The molecule has 12 heteroatoms. The predicted molar refractivity (Wildman–Crippen MR) is 139 cm³/mol. The summed E-state index contributed by atoms with van der Waals surface area (Å²) in [5.41, 5.74) is -2.25. The van der Waals surface area contributed by atoms with Crippen LogP contribution in [0.25, 0.3) is 0 Å². The van der Waals surface area contributed by atoms with Gasteiger partial charge in [0.1, 0.15) is 17.6 Å². The molecule has 1 amide bonds. The van der Waals surface area contributed by atoms with Gasteiger partial charge in [-0.05, 0) is 35.9 Å². The van der Waals surface area contributed by atoms with E-state index in [1.165, 1.54) is 16.7 Å². The van der Waals surface area contributed by atoms with Crippen LogP contribution >= 0.6 is 11.8 Å². The molecular formula is C27H31F5N4O2S. The maximum Gasteiger partial charge on any atom is 0.417 e. The lowest BCUT2D eigenvalue weighted by atomic mass is 9.94. The molecule has 0 saturated carbocycles. The summed E-state index contributed by atoms with van der Waals surface area (Å²) in [5, 5.41) is 12.6. The number of carbonyl (C=O) groups excluding carboxylic acids is 1. The van der Waals surface area contributed by atoms with Gasteiger partial charge in [0, 0.05) is 28.7 Å². The second-order valence-electron chi connectivity index (χ2n) is 9.96. The number of rotatable bonds is 9. The maximum absolute atomic E-state index is 14.1. The number of aliphatic hydroxyl groups is 1. The summed E-state index contributed by atoms with van der Waals surface area (Å²) in [7, 11) is 0. The monoisotopic (exact) mass is 570 g/mol. The summed E-state index contributed by atoms with van der Waals surface area (Å²) >= 11 is 1.64. The fourth-order valence-corrected chi connectivity index (χ4v) is 4.81. The molecule has 2 aromatic heterocycles. The molecule has 2 heterocycles. The highest BCUT2D eigenvalue weighted by atomic mass is 32.2. The molecule has 1 atom stereocenters. The molecule has 0 bridgehead atoms. The summed E-state index contributed by atoms with van der Waals surface area (Å²) in [4.78, 5) is 22.9. The number of pyridine rings is 1. The standard InChI is InChI=1S/C27H31F5N4O2S/c1-6-39-18-11-10-17(33-13-18)12-34-24(38)21-15(2)36(25(35-21)26(3,4)5)14-16-8-7-9-19(22(37)23(28)29)20(16)27(30,31)32/h7-11,13,22-23,37H,6,12,14H2,1-5H3,(H,34,38). The Hall–Kier alpha value is -2.99. The maximum atomic E-state index is 14.1. The van der Waals surface area contributed by atoms with Gasteiger partial charge in [0.2, 0.25) is 0 Å². The average Bonchev–Trinajstić information content (AvgIpc) is 3.18. The van der Waals surface area contributed by atoms with Crippen LogP contribution in [-0.2, 0) is 24.7 Å². The molecule has 212 valence electrons. The van der Waals surface area contributed by atoms with E-state index in [2.05, 4.69) is 15.3 Å². The number of aliphatic hydroxyl groups excluding tert-OH is 1. The van der Waals surface area contributed by atoms with Crippen molar-refractivity contribution in [3.8, 4) is 0 Å². The number of hydrogen-bond donors (Lipinski definition) is 2. The van der Waals surface area contributed by atoms with Crippen LogP contribution in [0, 0.1) is 6.92 Å². The van der Waals surface area contributed by atoms with Crippen molar-refractivity contribution in [3.05, 3.63) is 76.1 Å². The number of aromatic nitrogens is 3. The van der Waals surface area contributed by atoms with Crippen molar-refractivity contribution in [2.75, 3.05) is 5.75 Å². The Balaban J connectivity index is 1.98. The Bertz CT molecular complexity index is 1300. The van der Waals surface area contributed by atoms with Gasteiger partial charge in [0.25, 0.3) is 12.3 Å². The van der Waals surface area contributed by atoms with Crippen LogP contribution in [0.3, 0.4) is 0 Å². The topological polar surface area (TPSA) is 80.0 Å². The van der Waals surface area contributed by atoms with Crippen LogP contribution < -0.4 is 5.32 Å². The van der Waals surface area contributed by atoms with Gasteiger partial charge in [0.05, 0.1) is 17.8 Å². The van der Waals surface area contributed by atoms with Crippen LogP contribution in [-0.4, -0.2) is 37.7 Å². The molecule has 3 rings (SSSR count).